The summed E-state index contributed by atoms with van der Waals surface area (Å²) in [4.78, 5) is 4.30. The second kappa shape index (κ2) is 4.13. The summed E-state index contributed by atoms with van der Waals surface area (Å²) in [6.07, 6.45) is 0. The SMILES string of the molecule is Cn1nnc2c(Cl)c(-n3nnc4ccccc43)c(N)nc21. The lowest BCUT2D eigenvalue weighted by atomic mass is 10.3. The predicted octanol–water partition coefficient (Wildman–Crippen LogP) is 1.33. The molecule has 3 heterocycles. The highest BCUT2D eigenvalue weighted by Crippen LogP contribution is 2.32. The van der Waals surface area contributed by atoms with Gasteiger partial charge in [-0.2, -0.15) is 0 Å². The summed E-state index contributed by atoms with van der Waals surface area (Å²) in [6.45, 7) is 0. The summed E-state index contributed by atoms with van der Waals surface area (Å²) in [5, 5.41) is 16.5. The summed E-state index contributed by atoms with van der Waals surface area (Å²) in [5.74, 6) is 0.244. The number of benzene rings is 1. The fourth-order valence-corrected chi connectivity index (χ4v) is 2.55. The monoisotopic (exact) mass is 300 g/mol. The number of hydrogen-bond acceptors (Lipinski definition) is 6. The van der Waals surface area contributed by atoms with Gasteiger partial charge in [0.2, 0.25) is 0 Å². The van der Waals surface area contributed by atoms with Crippen LogP contribution in [0.4, 0.5) is 5.82 Å². The van der Waals surface area contributed by atoms with Crippen molar-refractivity contribution in [2.45, 2.75) is 0 Å². The zero-order chi connectivity index (χ0) is 14.6. The molecular weight excluding hydrogens is 292 g/mol. The van der Waals surface area contributed by atoms with Crippen LogP contribution in [0.3, 0.4) is 0 Å². The first kappa shape index (κ1) is 12.0. The van der Waals surface area contributed by atoms with Gasteiger partial charge in [-0.1, -0.05) is 34.2 Å². The van der Waals surface area contributed by atoms with Crippen LogP contribution in [0.25, 0.3) is 27.9 Å². The van der Waals surface area contributed by atoms with Gasteiger partial charge in [0.15, 0.2) is 17.0 Å². The van der Waals surface area contributed by atoms with Gasteiger partial charge in [0.25, 0.3) is 0 Å². The number of nitrogens with zero attached hydrogens (tertiary/aromatic N) is 7. The van der Waals surface area contributed by atoms with Crippen molar-refractivity contribution in [2.24, 2.45) is 7.05 Å². The van der Waals surface area contributed by atoms with E-state index in [-0.39, 0.29) is 5.82 Å². The Bertz CT molecular complexity index is 986. The molecule has 0 unspecified atom stereocenters. The third-order valence-corrected chi connectivity index (χ3v) is 3.60. The molecule has 2 N–H and O–H groups in total. The van der Waals surface area contributed by atoms with Crippen LogP contribution in [0.5, 0.6) is 0 Å². The van der Waals surface area contributed by atoms with Gasteiger partial charge in [-0.25, -0.2) is 14.3 Å². The number of nitrogens with two attached hydrogens (primary N) is 1. The maximum atomic E-state index is 6.43. The Morgan fingerprint density at radius 1 is 1.14 bits per heavy atom. The summed E-state index contributed by atoms with van der Waals surface area (Å²) >= 11 is 6.43. The number of para-hydroxylation sites is 1. The van der Waals surface area contributed by atoms with E-state index >= 15 is 0 Å². The van der Waals surface area contributed by atoms with Gasteiger partial charge in [-0.3, -0.25) is 0 Å². The zero-order valence-electron chi connectivity index (χ0n) is 10.9. The topological polar surface area (TPSA) is 100 Å². The molecule has 0 amide bonds. The molecule has 0 saturated heterocycles. The maximum Gasteiger partial charge on any atom is 0.182 e. The van der Waals surface area contributed by atoms with Crippen molar-refractivity contribution < 1.29 is 0 Å². The van der Waals surface area contributed by atoms with E-state index in [0.29, 0.717) is 21.9 Å². The average molecular weight is 301 g/mol. The van der Waals surface area contributed by atoms with Crippen LogP contribution in [0.15, 0.2) is 24.3 Å². The third kappa shape index (κ3) is 1.59. The van der Waals surface area contributed by atoms with Crippen molar-refractivity contribution >= 4 is 39.6 Å². The number of anilines is 1. The van der Waals surface area contributed by atoms with E-state index in [1.165, 1.54) is 4.68 Å². The van der Waals surface area contributed by atoms with E-state index in [9.17, 15) is 0 Å². The number of aryl methyl sites for hydroxylation is 1. The standard InChI is InChI=1S/C12H9ClN8/c1-20-12-9(17-18-20)8(13)10(11(14)15-12)21-7-5-3-2-4-6(7)16-19-21/h2-5H,1H3,(H2,14,15). The highest BCUT2D eigenvalue weighted by molar-refractivity contribution is 6.37. The average Bonchev–Trinajstić information content (AvgIpc) is 3.05. The molecule has 0 fully saturated rings. The van der Waals surface area contributed by atoms with E-state index in [0.717, 1.165) is 11.0 Å². The number of nitrogen functional groups attached to an aromatic ring is 1. The van der Waals surface area contributed by atoms with E-state index < -0.39 is 0 Å². The number of rotatable bonds is 1. The van der Waals surface area contributed by atoms with Crippen LogP contribution in [0.2, 0.25) is 5.02 Å². The molecule has 0 aliphatic heterocycles. The molecule has 3 aromatic heterocycles. The van der Waals surface area contributed by atoms with Gasteiger partial charge in [0.05, 0.1) is 5.52 Å². The molecule has 0 saturated carbocycles. The molecule has 4 aromatic rings. The molecule has 0 spiro atoms. The van der Waals surface area contributed by atoms with Crippen molar-refractivity contribution in [3.05, 3.63) is 29.3 Å². The Morgan fingerprint density at radius 3 is 2.81 bits per heavy atom. The second-order valence-corrected chi connectivity index (χ2v) is 4.91. The van der Waals surface area contributed by atoms with Gasteiger partial charge in [0.1, 0.15) is 16.2 Å². The lowest BCUT2D eigenvalue weighted by molar-refractivity contribution is 0.730. The van der Waals surface area contributed by atoms with Gasteiger partial charge in [-0.05, 0) is 12.1 Å². The van der Waals surface area contributed by atoms with Gasteiger partial charge in [0, 0.05) is 7.05 Å². The van der Waals surface area contributed by atoms with Crippen molar-refractivity contribution in [1.29, 1.82) is 0 Å². The quantitative estimate of drug-likeness (QED) is 0.569. The van der Waals surface area contributed by atoms with Gasteiger partial charge >= 0.3 is 0 Å². The van der Waals surface area contributed by atoms with Crippen LogP contribution in [0.1, 0.15) is 0 Å². The molecule has 0 bridgehead atoms. The molecule has 21 heavy (non-hydrogen) atoms. The molecular formula is C12H9ClN8. The smallest absolute Gasteiger partial charge is 0.182 e. The molecule has 1 aromatic carbocycles. The normalized spacial score (nSPS) is 11.5. The number of fused-ring (bicyclic) bond motifs is 2. The minimum atomic E-state index is 0.244. The van der Waals surface area contributed by atoms with E-state index in [1.54, 1.807) is 11.7 Å². The van der Waals surface area contributed by atoms with Crippen molar-refractivity contribution in [2.75, 3.05) is 5.73 Å². The first-order valence-corrected chi connectivity index (χ1v) is 6.50. The molecule has 0 aliphatic rings. The fraction of sp³-hybridized carbons (Fsp3) is 0.0833. The first-order chi connectivity index (χ1) is 10.2. The van der Waals surface area contributed by atoms with Crippen molar-refractivity contribution in [3.8, 4) is 5.69 Å². The summed E-state index contributed by atoms with van der Waals surface area (Å²) in [6, 6.07) is 7.51. The van der Waals surface area contributed by atoms with Crippen LogP contribution >= 0.6 is 11.6 Å². The molecule has 104 valence electrons. The fourth-order valence-electron chi connectivity index (χ4n) is 2.25. The Hall–Kier alpha value is -2.74. The molecule has 0 aliphatic carbocycles. The highest BCUT2D eigenvalue weighted by Gasteiger charge is 2.19. The second-order valence-electron chi connectivity index (χ2n) is 4.53. The summed E-state index contributed by atoms with van der Waals surface area (Å²) in [7, 11) is 1.72. The highest BCUT2D eigenvalue weighted by atomic mass is 35.5. The molecule has 0 radical (unpaired) electrons. The van der Waals surface area contributed by atoms with E-state index in [2.05, 4.69) is 25.6 Å². The summed E-state index contributed by atoms with van der Waals surface area (Å²) in [5.41, 5.74) is 9.03. The Balaban J connectivity index is 2.11. The largest absolute Gasteiger partial charge is 0.382 e. The third-order valence-electron chi connectivity index (χ3n) is 3.25. The van der Waals surface area contributed by atoms with Crippen LogP contribution in [0, 0.1) is 0 Å². The molecule has 4 rings (SSSR count). The zero-order valence-corrected chi connectivity index (χ0v) is 11.7. The minimum Gasteiger partial charge on any atom is -0.382 e. The van der Waals surface area contributed by atoms with Gasteiger partial charge < -0.3 is 5.73 Å². The summed E-state index contributed by atoms with van der Waals surface area (Å²) < 4.78 is 3.08. The number of hydrogen-bond donors (Lipinski definition) is 1. The predicted molar refractivity (Wildman–Crippen MR) is 78.1 cm³/mol. The molecule has 0 atom stereocenters. The lowest BCUT2D eigenvalue weighted by Gasteiger charge is -2.08. The Labute approximate surface area is 123 Å². The van der Waals surface area contributed by atoms with Crippen LogP contribution in [-0.4, -0.2) is 35.0 Å². The molecule has 9 heteroatoms. The maximum absolute atomic E-state index is 6.43. The Morgan fingerprint density at radius 2 is 1.95 bits per heavy atom. The number of aromatic nitrogens is 7. The van der Waals surface area contributed by atoms with E-state index in [1.807, 2.05) is 24.3 Å². The lowest BCUT2D eigenvalue weighted by Crippen LogP contribution is -2.06. The van der Waals surface area contributed by atoms with E-state index in [4.69, 9.17) is 17.3 Å². The van der Waals surface area contributed by atoms with Crippen molar-refractivity contribution in [3.63, 3.8) is 0 Å². The number of pyridine rings is 1. The first-order valence-electron chi connectivity index (χ1n) is 6.12. The van der Waals surface area contributed by atoms with Gasteiger partial charge in [-0.15, -0.1) is 10.2 Å². The minimum absolute atomic E-state index is 0.244. The molecule has 8 nitrogen and oxygen atoms in total. The van der Waals surface area contributed by atoms with Crippen LogP contribution < -0.4 is 5.73 Å². The van der Waals surface area contributed by atoms with Crippen LogP contribution in [-0.2, 0) is 7.05 Å². The number of halogens is 1. The Kier molecular flexibility index (Phi) is 2.36. The van der Waals surface area contributed by atoms with Crippen molar-refractivity contribution in [1.82, 2.24) is 35.0 Å².